The van der Waals surface area contributed by atoms with Gasteiger partial charge in [-0.25, -0.2) is 4.98 Å². The Morgan fingerprint density at radius 2 is 2.10 bits per heavy atom. The lowest BCUT2D eigenvalue weighted by Gasteiger charge is -2.04. The fourth-order valence-electron chi connectivity index (χ4n) is 1.90. The van der Waals surface area contributed by atoms with Crippen molar-refractivity contribution in [2.75, 3.05) is 13.1 Å². The van der Waals surface area contributed by atoms with Gasteiger partial charge >= 0.3 is 0 Å². The van der Waals surface area contributed by atoms with Crippen LogP contribution in [0.15, 0.2) is 5.38 Å². The van der Waals surface area contributed by atoms with E-state index < -0.39 is 0 Å². The molecule has 0 fully saturated rings. The SMILES string of the molecule is CC(C)c1nc(CCNC(=O)CCCCCCN)cs1. The van der Waals surface area contributed by atoms with Crippen LogP contribution in [0.1, 0.15) is 62.6 Å². The molecule has 1 aromatic heterocycles. The fourth-order valence-corrected chi connectivity index (χ4v) is 2.77. The minimum atomic E-state index is 0.150. The second-order valence-electron chi connectivity index (χ2n) is 5.38. The van der Waals surface area contributed by atoms with Gasteiger partial charge in [-0.3, -0.25) is 4.79 Å². The first kappa shape index (κ1) is 17.1. The van der Waals surface area contributed by atoms with Gasteiger partial charge in [-0.2, -0.15) is 0 Å². The van der Waals surface area contributed by atoms with Crippen molar-refractivity contribution >= 4 is 17.2 Å². The topological polar surface area (TPSA) is 68.0 Å². The molecule has 1 rings (SSSR count). The lowest BCUT2D eigenvalue weighted by atomic mass is 10.1. The molecule has 1 heterocycles. The van der Waals surface area contributed by atoms with Crippen LogP contribution in [0.5, 0.6) is 0 Å². The molecule has 0 spiro atoms. The first-order chi connectivity index (χ1) is 9.63. The van der Waals surface area contributed by atoms with Crippen LogP contribution in [0, 0.1) is 0 Å². The van der Waals surface area contributed by atoms with Crippen LogP contribution in [0.2, 0.25) is 0 Å². The molecule has 1 aromatic rings. The number of carbonyl (C=O) groups is 1. The number of hydrogen-bond acceptors (Lipinski definition) is 4. The van der Waals surface area contributed by atoms with Crippen LogP contribution < -0.4 is 11.1 Å². The maximum absolute atomic E-state index is 11.6. The Hall–Kier alpha value is -0.940. The van der Waals surface area contributed by atoms with Crippen LogP contribution in [0.4, 0.5) is 0 Å². The lowest BCUT2D eigenvalue weighted by molar-refractivity contribution is -0.121. The number of nitrogens with zero attached hydrogens (tertiary/aromatic N) is 1. The number of hydrogen-bond donors (Lipinski definition) is 2. The van der Waals surface area contributed by atoms with Gasteiger partial charge in [0.25, 0.3) is 0 Å². The van der Waals surface area contributed by atoms with Gasteiger partial charge in [0, 0.05) is 30.7 Å². The second-order valence-corrected chi connectivity index (χ2v) is 6.27. The quantitative estimate of drug-likeness (QED) is 0.653. The average molecular weight is 297 g/mol. The van der Waals surface area contributed by atoms with E-state index in [1.807, 2.05) is 0 Å². The summed E-state index contributed by atoms with van der Waals surface area (Å²) in [7, 11) is 0. The number of rotatable bonds is 10. The minimum Gasteiger partial charge on any atom is -0.356 e. The number of aromatic nitrogens is 1. The van der Waals surface area contributed by atoms with E-state index in [1.165, 1.54) is 5.01 Å². The molecule has 5 heteroatoms. The Morgan fingerprint density at radius 3 is 2.75 bits per heavy atom. The van der Waals surface area contributed by atoms with E-state index in [4.69, 9.17) is 5.73 Å². The van der Waals surface area contributed by atoms with E-state index in [0.717, 1.165) is 44.3 Å². The highest BCUT2D eigenvalue weighted by Gasteiger charge is 2.06. The van der Waals surface area contributed by atoms with Crippen LogP contribution >= 0.6 is 11.3 Å². The van der Waals surface area contributed by atoms with Gasteiger partial charge in [-0.1, -0.05) is 26.7 Å². The minimum absolute atomic E-state index is 0.150. The molecule has 4 nitrogen and oxygen atoms in total. The van der Waals surface area contributed by atoms with Gasteiger partial charge in [-0.15, -0.1) is 11.3 Å². The zero-order chi connectivity index (χ0) is 14.8. The molecule has 114 valence electrons. The number of nitrogens with two attached hydrogens (primary N) is 1. The normalized spacial score (nSPS) is 11.0. The fraction of sp³-hybridized carbons (Fsp3) is 0.733. The van der Waals surface area contributed by atoms with Crippen molar-refractivity contribution in [3.63, 3.8) is 0 Å². The van der Waals surface area contributed by atoms with Crippen molar-refractivity contribution in [1.29, 1.82) is 0 Å². The predicted molar refractivity (Wildman–Crippen MR) is 85.1 cm³/mol. The molecular formula is C15H27N3OS. The molecule has 0 unspecified atom stereocenters. The van der Waals surface area contributed by atoms with Crippen molar-refractivity contribution in [2.45, 2.75) is 58.3 Å². The average Bonchev–Trinajstić information content (AvgIpc) is 2.87. The molecule has 1 amide bonds. The summed E-state index contributed by atoms with van der Waals surface area (Å²) in [5.41, 5.74) is 6.51. The van der Waals surface area contributed by atoms with Crippen LogP contribution in [0.25, 0.3) is 0 Å². The zero-order valence-electron chi connectivity index (χ0n) is 12.7. The molecule has 0 aliphatic heterocycles. The smallest absolute Gasteiger partial charge is 0.220 e. The van der Waals surface area contributed by atoms with Crippen LogP contribution in [-0.4, -0.2) is 24.0 Å². The Labute approximate surface area is 126 Å². The van der Waals surface area contributed by atoms with Gasteiger partial charge < -0.3 is 11.1 Å². The molecule has 0 saturated carbocycles. The first-order valence-corrected chi connectivity index (χ1v) is 8.42. The Bertz CT molecular complexity index is 390. The third kappa shape index (κ3) is 7.01. The molecule has 0 aromatic carbocycles. The molecule has 0 aliphatic carbocycles. The van der Waals surface area contributed by atoms with E-state index in [0.29, 0.717) is 18.9 Å². The molecular weight excluding hydrogens is 270 g/mol. The maximum Gasteiger partial charge on any atom is 0.220 e. The lowest BCUT2D eigenvalue weighted by Crippen LogP contribution is -2.25. The van der Waals surface area contributed by atoms with Crippen LogP contribution in [0.3, 0.4) is 0 Å². The van der Waals surface area contributed by atoms with E-state index in [1.54, 1.807) is 11.3 Å². The number of nitrogens with one attached hydrogen (secondary N) is 1. The zero-order valence-corrected chi connectivity index (χ0v) is 13.5. The Balaban J connectivity index is 2.09. The van der Waals surface area contributed by atoms with Gasteiger partial charge in [0.05, 0.1) is 10.7 Å². The van der Waals surface area contributed by atoms with Crippen molar-refractivity contribution in [3.05, 3.63) is 16.1 Å². The van der Waals surface area contributed by atoms with E-state index in [-0.39, 0.29) is 5.91 Å². The number of amides is 1. The highest BCUT2D eigenvalue weighted by atomic mass is 32.1. The molecule has 0 bridgehead atoms. The summed E-state index contributed by atoms with van der Waals surface area (Å²) in [5.74, 6) is 0.633. The van der Waals surface area contributed by atoms with Gasteiger partial charge in [0.15, 0.2) is 0 Å². The van der Waals surface area contributed by atoms with Crippen molar-refractivity contribution < 1.29 is 4.79 Å². The number of carbonyl (C=O) groups excluding carboxylic acids is 1. The summed E-state index contributed by atoms with van der Waals surface area (Å²) in [6.45, 7) is 5.73. The third-order valence-electron chi connectivity index (χ3n) is 3.12. The van der Waals surface area contributed by atoms with Crippen molar-refractivity contribution in [2.24, 2.45) is 5.73 Å². The number of thiazole rings is 1. The standard InChI is InChI=1S/C15H27N3OS/c1-12(2)15-18-13(11-20-15)8-10-17-14(19)7-5-3-4-6-9-16/h11-12H,3-10,16H2,1-2H3,(H,17,19). The first-order valence-electron chi connectivity index (χ1n) is 7.54. The molecule has 3 N–H and O–H groups in total. The molecule has 0 aliphatic rings. The summed E-state index contributed by atoms with van der Waals surface area (Å²) in [6, 6.07) is 0. The largest absolute Gasteiger partial charge is 0.356 e. The van der Waals surface area contributed by atoms with Gasteiger partial charge in [0.2, 0.25) is 5.91 Å². The molecule has 0 atom stereocenters. The van der Waals surface area contributed by atoms with Crippen LogP contribution in [-0.2, 0) is 11.2 Å². The van der Waals surface area contributed by atoms with Gasteiger partial charge in [-0.05, 0) is 19.4 Å². The Kier molecular flexibility index (Phi) is 8.46. The summed E-state index contributed by atoms with van der Waals surface area (Å²) >= 11 is 1.70. The summed E-state index contributed by atoms with van der Waals surface area (Å²) < 4.78 is 0. The third-order valence-corrected chi connectivity index (χ3v) is 4.32. The second kappa shape index (κ2) is 9.88. The molecule has 20 heavy (non-hydrogen) atoms. The van der Waals surface area contributed by atoms with Crippen molar-refractivity contribution in [3.8, 4) is 0 Å². The summed E-state index contributed by atoms with van der Waals surface area (Å²) in [4.78, 5) is 16.2. The molecule has 0 saturated heterocycles. The highest BCUT2D eigenvalue weighted by Crippen LogP contribution is 2.19. The van der Waals surface area contributed by atoms with E-state index in [2.05, 4.69) is 29.5 Å². The van der Waals surface area contributed by atoms with E-state index >= 15 is 0 Å². The van der Waals surface area contributed by atoms with Gasteiger partial charge in [0.1, 0.15) is 0 Å². The highest BCUT2D eigenvalue weighted by molar-refractivity contribution is 7.09. The Morgan fingerprint density at radius 1 is 1.35 bits per heavy atom. The van der Waals surface area contributed by atoms with Crippen molar-refractivity contribution in [1.82, 2.24) is 10.3 Å². The maximum atomic E-state index is 11.6. The summed E-state index contributed by atoms with van der Waals surface area (Å²) in [6.07, 6.45) is 5.68. The summed E-state index contributed by atoms with van der Waals surface area (Å²) in [5, 5.41) is 6.23. The number of unbranched alkanes of at least 4 members (excludes halogenated alkanes) is 3. The predicted octanol–water partition coefficient (Wildman–Crippen LogP) is 2.83. The monoisotopic (exact) mass is 297 g/mol. The molecule has 0 radical (unpaired) electrons. The van der Waals surface area contributed by atoms with E-state index in [9.17, 15) is 4.79 Å².